The number of H-pyrrole nitrogens is 1. The predicted molar refractivity (Wildman–Crippen MR) is 74.7 cm³/mol. The van der Waals surface area contributed by atoms with Crippen molar-refractivity contribution in [3.8, 4) is 0 Å². The van der Waals surface area contributed by atoms with E-state index >= 15 is 0 Å². The summed E-state index contributed by atoms with van der Waals surface area (Å²) in [7, 11) is 0. The van der Waals surface area contributed by atoms with Crippen molar-refractivity contribution in [1.82, 2.24) is 10.3 Å². The molecule has 0 bridgehead atoms. The maximum atomic E-state index is 12.0. The quantitative estimate of drug-likeness (QED) is 0.854. The largest absolute Gasteiger partial charge is 0.361 e. The Labute approximate surface area is 108 Å². The molecule has 96 valence electrons. The molecular formula is C15H20N2O. The van der Waals surface area contributed by atoms with Crippen LogP contribution in [-0.4, -0.2) is 17.4 Å². The highest BCUT2D eigenvalue weighted by Gasteiger charge is 2.11. The summed E-state index contributed by atoms with van der Waals surface area (Å²) in [4.78, 5) is 15.1. The van der Waals surface area contributed by atoms with E-state index in [0.29, 0.717) is 12.1 Å². The molecule has 0 aliphatic carbocycles. The van der Waals surface area contributed by atoms with Crippen molar-refractivity contribution < 1.29 is 4.79 Å². The van der Waals surface area contributed by atoms with Crippen molar-refractivity contribution in [3.05, 3.63) is 36.0 Å². The average Bonchev–Trinajstić information content (AvgIpc) is 2.73. The summed E-state index contributed by atoms with van der Waals surface area (Å²) >= 11 is 0. The molecule has 0 atom stereocenters. The minimum atomic E-state index is -0.00394. The molecule has 2 N–H and O–H groups in total. The Kier molecular flexibility index (Phi) is 3.41. The summed E-state index contributed by atoms with van der Waals surface area (Å²) in [5.41, 5.74) is 1.95. The molecule has 1 heterocycles. The van der Waals surface area contributed by atoms with E-state index in [1.165, 1.54) is 0 Å². The smallest absolute Gasteiger partial charge is 0.251 e. The van der Waals surface area contributed by atoms with Gasteiger partial charge in [-0.3, -0.25) is 4.79 Å². The van der Waals surface area contributed by atoms with Gasteiger partial charge < -0.3 is 10.3 Å². The zero-order valence-electron chi connectivity index (χ0n) is 11.2. The normalized spacial score (nSPS) is 11.7. The zero-order valence-corrected chi connectivity index (χ0v) is 11.2. The van der Waals surface area contributed by atoms with E-state index < -0.39 is 0 Å². The summed E-state index contributed by atoms with van der Waals surface area (Å²) in [5.74, 6) is -0.00394. The Bertz CT molecular complexity index is 549. The number of rotatable bonds is 3. The van der Waals surface area contributed by atoms with Crippen molar-refractivity contribution in [2.45, 2.75) is 27.2 Å². The molecule has 0 saturated heterocycles. The lowest BCUT2D eigenvalue weighted by atomic mass is 9.92. The van der Waals surface area contributed by atoms with Crippen LogP contribution in [0.4, 0.5) is 0 Å². The van der Waals surface area contributed by atoms with E-state index in [1.54, 1.807) is 0 Å². The number of amides is 1. The molecule has 0 aliphatic heterocycles. The van der Waals surface area contributed by atoms with E-state index in [-0.39, 0.29) is 11.3 Å². The fourth-order valence-corrected chi connectivity index (χ4v) is 1.84. The second-order valence-corrected chi connectivity index (χ2v) is 5.85. The van der Waals surface area contributed by atoms with Crippen LogP contribution in [0.25, 0.3) is 10.9 Å². The molecule has 0 aliphatic rings. The van der Waals surface area contributed by atoms with Gasteiger partial charge >= 0.3 is 0 Å². The predicted octanol–water partition coefficient (Wildman–Crippen LogP) is 3.33. The van der Waals surface area contributed by atoms with Gasteiger partial charge in [0.05, 0.1) is 0 Å². The number of benzene rings is 1. The number of hydrogen-bond donors (Lipinski definition) is 2. The van der Waals surface area contributed by atoms with Gasteiger partial charge in [0.1, 0.15) is 0 Å². The van der Waals surface area contributed by atoms with Crippen LogP contribution in [-0.2, 0) is 0 Å². The number of hydrogen-bond acceptors (Lipinski definition) is 1. The van der Waals surface area contributed by atoms with Crippen molar-refractivity contribution in [1.29, 1.82) is 0 Å². The van der Waals surface area contributed by atoms with E-state index in [2.05, 4.69) is 31.1 Å². The van der Waals surface area contributed by atoms with Gasteiger partial charge in [-0.05, 0) is 35.4 Å². The van der Waals surface area contributed by atoms with Crippen LogP contribution < -0.4 is 5.32 Å². The summed E-state index contributed by atoms with van der Waals surface area (Å²) in [6.45, 7) is 7.23. The van der Waals surface area contributed by atoms with Gasteiger partial charge in [-0.1, -0.05) is 26.8 Å². The summed E-state index contributed by atoms with van der Waals surface area (Å²) in [5, 5.41) is 4.09. The van der Waals surface area contributed by atoms with Gasteiger partial charge in [-0.25, -0.2) is 0 Å². The molecule has 0 fully saturated rings. The van der Waals surface area contributed by atoms with Gasteiger partial charge in [0, 0.05) is 23.8 Å². The Morgan fingerprint density at radius 1 is 1.28 bits per heavy atom. The molecule has 0 unspecified atom stereocenters. The third kappa shape index (κ3) is 3.13. The minimum absolute atomic E-state index is 0.00394. The van der Waals surface area contributed by atoms with E-state index in [4.69, 9.17) is 0 Å². The molecule has 2 rings (SSSR count). The first-order chi connectivity index (χ1) is 8.46. The topological polar surface area (TPSA) is 44.9 Å². The van der Waals surface area contributed by atoms with Gasteiger partial charge in [0.25, 0.3) is 5.91 Å². The molecule has 2 aromatic rings. The fourth-order valence-electron chi connectivity index (χ4n) is 1.84. The summed E-state index contributed by atoms with van der Waals surface area (Å²) < 4.78 is 0. The lowest BCUT2D eigenvalue weighted by Gasteiger charge is -2.18. The third-order valence-corrected chi connectivity index (χ3v) is 2.98. The van der Waals surface area contributed by atoms with Gasteiger partial charge in [0.2, 0.25) is 0 Å². The monoisotopic (exact) mass is 244 g/mol. The molecule has 18 heavy (non-hydrogen) atoms. The average molecular weight is 244 g/mol. The SMILES string of the molecule is CC(C)(C)CCNC(=O)c1ccc2cc[nH]c2c1. The number of carbonyl (C=O) groups is 1. The lowest BCUT2D eigenvalue weighted by molar-refractivity contribution is 0.0949. The molecule has 1 amide bonds. The molecule has 3 heteroatoms. The van der Waals surface area contributed by atoms with Crippen LogP contribution in [0.15, 0.2) is 30.5 Å². The highest BCUT2D eigenvalue weighted by molar-refractivity contribution is 5.97. The van der Waals surface area contributed by atoms with Crippen LogP contribution in [0, 0.1) is 5.41 Å². The Hall–Kier alpha value is -1.77. The Morgan fingerprint density at radius 3 is 2.78 bits per heavy atom. The number of fused-ring (bicyclic) bond motifs is 1. The number of aromatic amines is 1. The minimum Gasteiger partial charge on any atom is -0.361 e. The summed E-state index contributed by atoms with van der Waals surface area (Å²) in [6.07, 6.45) is 2.86. The first-order valence-electron chi connectivity index (χ1n) is 6.31. The molecule has 0 spiro atoms. The Morgan fingerprint density at radius 2 is 2.06 bits per heavy atom. The van der Waals surface area contributed by atoms with E-state index in [9.17, 15) is 4.79 Å². The maximum absolute atomic E-state index is 12.0. The maximum Gasteiger partial charge on any atom is 0.251 e. The Balaban J connectivity index is 2.00. The first kappa shape index (κ1) is 12.7. The van der Waals surface area contributed by atoms with Crippen molar-refractivity contribution in [2.24, 2.45) is 5.41 Å². The molecular weight excluding hydrogens is 224 g/mol. The van der Waals surface area contributed by atoms with Gasteiger partial charge in [-0.2, -0.15) is 0 Å². The van der Waals surface area contributed by atoms with Crippen LogP contribution in [0.3, 0.4) is 0 Å². The molecule has 1 aromatic carbocycles. The summed E-state index contributed by atoms with van der Waals surface area (Å²) in [6, 6.07) is 7.71. The van der Waals surface area contributed by atoms with Crippen molar-refractivity contribution in [3.63, 3.8) is 0 Å². The van der Waals surface area contributed by atoms with E-state index in [1.807, 2.05) is 30.5 Å². The number of carbonyl (C=O) groups excluding carboxylic acids is 1. The number of aromatic nitrogens is 1. The van der Waals surface area contributed by atoms with Crippen LogP contribution in [0.2, 0.25) is 0 Å². The van der Waals surface area contributed by atoms with Crippen LogP contribution in [0.5, 0.6) is 0 Å². The molecule has 3 nitrogen and oxygen atoms in total. The van der Waals surface area contributed by atoms with Crippen LogP contribution in [0.1, 0.15) is 37.6 Å². The second kappa shape index (κ2) is 4.84. The first-order valence-corrected chi connectivity index (χ1v) is 6.31. The highest BCUT2D eigenvalue weighted by atomic mass is 16.1. The molecule has 0 saturated carbocycles. The van der Waals surface area contributed by atoms with Crippen LogP contribution >= 0.6 is 0 Å². The third-order valence-electron chi connectivity index (χ3n) is 2.98. The lowest BCUT2D eigenvalue weighted by Crippen LogP contribution is -2.27. The molecule has 0 radical (unpaired) electrons. The highest BCUT2D eigenvalue weighted by Crippen LogP contribution is 2.17. The van der Waals surface area contributed by atoms with Crippen molar-refractivity contribution >= 4 is 16.8 Å². The zero-order chi connectivity index (χ0) is 13.2. The van der Waals surface area contributed by atoms with Crippen molar-refractivity contribution in [2.75, 3.05) is 6.54 Å². The second-order valence-electron chi connectivity index (χ2n) is 5.85. The standard InChI is InChI=1S/C15H20N2O/c1-15(2,3)7-9-17-14(18)12-5-4-11-6-8-16-13(11)10-12/h4-6,8,10,16H,7,9H2,1-3H3,(H,17,18). The van der Waals surface area contributed by atoms with Gasteiger partial charge in [-0.15, -0.1) is 0 Å². The fraction of sp³-hybridized carbons (Fsp3) is 0.400. The van der Waals surface area contributed by atoms with E-state index in [0.717, 1.165) is 17.3 Å². The van der Waals surface area contributed by atoms with Gasteiger partial charge in [0.15, 0.2) is 0 Å². The number of nitrogens with one attached hydrogen (secondary N) is 2. The molecule has 1 aromatic heterocycles.